The van der Waals surface area contributed by atoms with E-state index in [0.717, 1.165) is 25.0 Å². The van der Waals surface area contributed by atoms with Gasteiger partial charge in [0.15, 0.2) is 0 Å². The van der Waals surface area contributed by atoms with Crippen molar-refractivity contribution in [3.05, 3.63) is 30.1 Å². The first kappa shape index (κ1) is 13.0. The molecule has 98 valence electrons. The Balaban J connectivity index is 1.60. The first-order valence-corrected chi connectivity index (χ1v) is 6.58. The fourth-order valence-corrected chi connectivity index (χ4v) is 2.03. The highest BCUT2D eigenvalue weighted by atomic mass is 16.5. The number of hydrogen-bond acceptors (Lipinski definition) is 3. The van der Waals surface area contributed by atoms with Crippen molar-refractivity contribution in [2.24, 2.45) is 0 Å². The number of pyridine rings is 1. The lowest BCUT2D eigenvalue weighted by atomic mass is 9.89. The smallest absolute Gasteiger partial charge is 0.220 e. The van der Waals surface area contributed by atoms with Crippen LogP contribution in [0.4, 0.5) is 0 Å². The summed E-state index contributed by atoms with van der Waals surface area (Å²) in [5, 5.41) is 3.01. The molecule has 1 aliphatic rings. The number of rotatable bonds is 6. The van der Waals surface area contributed by atoms with Crippen LogP contribution in [0.2, 0.25) is 0 Å². The molecule has 1 saturated carbocycles. The Bertz CT molecular complexity index is 375. The van der Waals surface area contributed by atoms with Crippen molar-refractivity contribution in [1.82, 2.24) is 10.3 Å². The third kappa shape index (κ3) is 3.81. The molecular weight excluding hydrogens is 228 g/mol. The molecule has 0 saturated heterocycles. The van der Waals surface area contributed by atoms with E-state index in [-0.39, 0.29) is 12.0 Å². The Hall–Kier alpha value is -1.42. The minimum absolute atomic E-state index is 0.158. The number of amides is 1. The second kappa shape index (κ2) is 6.50. The molecule has 1 N–H and O–H groups in total. The molecule has 0 unspecified atom stereocenters. The minimum Gasteiger partial charge on any atom is -0.372 e. The maximum atomic E-state index is 11.4. The molecule has 0 aromatic carbocycles. The molecule has 0 atom stereocenters. The number of carbonyl (C=O) groups is 1. The van der Waals surface area contributed by atoms with Gasteiger partial charge in [-0.05, 0) is 31.4 Å². The summed E-state index contributed by atoms with van der Waals surface area (Å²) in [5.41, 5.74) is 0.955. The molecule has 0 spiro atoms. The molecule has 1 heterocycles. The minimum atomic E-state index is 0.158. The Morgan fingerprint density at radius 1 is 1.50 bits per heavy atom. The molecule has 18 heavy (non-hydrogen) atoms. The summed E-state index contributed by atoms with van der Waals surface area (Å²) < 4.78 is 5.72. The van der Waals surface area contributed by atoms with E-state index in [1.807, 2.05) is 25.1 Å². The number of aromatic nitrogens is 1. The van der Waals surface area contributed by atoms with Crippen LogP contribution in [0.1, 0.15) is 38.3 Å². The third-order valence-electron chi connectivity index (χ3n) is 3.13. The van der Waals surface area contributed by atoms with Gasteiger partial charge in [0, 0.05) is 18.7 Å². The predicted octanol–water partition coefficient (Wildman–Crippen LogP) is 2.05. The average molecular weight is 248 g/mol. The van der Waals surface area contributed by atoms with Crippen molar-refractivity contribution in [2.75, 3.05) is 0 Å². The summed E-state index contributed by atoms with van der Waals surface area (Å²) in [5.74, 6) is 0.158. The molecular formula is C14H20N2O2. The highest BCUT2D eigenvalue weighted by Crippen LogP contribution is 2.24. The zero-order valence-corrected chi connectivity index (χ0v) is 10.8. The second-order valence-electron chi connectivity index (χ2n) is 4.74. The van der Waals surface area contributed by atoms with Gasteiger partial charge in [0.1, 0.15) is 0 Å². The van der Waals surface area contributed by atoms with Gasteiger partial charge in [0.25, 0.3) is 0 Å². The van der Waals surface area contributed by atoms with Gasteiger partial charge < -0.3 is 10.1 Å². The molecule has 0 radical (unpaired) electrons. The van der Waals surface area contributed by atoms with Gasteiger partial charge in [-0.1, -0.05) is 13.0 Å². The Morgan fingerprint density at radius 2 is 2.33 bits per heavy atom. The first-order chi connectivity index (χ1) is 8.78. The van der Waals surface area contributed by atoms with Crippen molar-refractivity contribution in [3.8, 4) is 0 Å². The van der Waals surface area contributed by atoms with Crippen LogP contribution in [0.25, 0.3) is 0 Å². The van der Waals surface area contributed by atoms with Crippen molar-refractivity contribution in [3.63, 3.8) is 0 Å². The van der Waals surface area contributed by atoms with Crippen molar-refractivity contribution >= 4 is 5.91 Å². The molecule has 0 bridgehead atoms. The Morgan fingerprint density at radius 3 is 3.00 bits per heavy atom. The molecule has 4 heteroatoms. The molecule has 1 aromatic heterocycles. The van der Waals surface area contributed by atoms with Gasteiger partial charge in [-0.2, -0.15) is 0 Å². The van der Waals surface area contributed by atoms with Gasteiger partial charge >= 0.3 is 0 Å². The van der Waals surface area contributed by atoms with E-state index in [4.69, 9.17) is 4.74 Å². The molecule has 1 fully saturated rings. The van der Waals surface area contributed by atoms with Gasteiger partial charge in [-0.25, -0.2) is 0 Å². The van der Waals surface area contributed by atoms with Crippen LogP contribution in [-0.2, 0) is 16.1 Å². The normalized spacial score (nSPS) is 22.3. The Kier molecular flexibility index (Phi) is 4.70. The SMILES string of the molecule is CCCC(=O)NC1CC(OCc2ccccn2)C1. The highest BCUT2D eigenvalue weighted by Gasteiger charge is 2.30. The van der Waals surface area contributed by atoms with Crippen LogP contribution in [0.3, 0.4) is 0 Å². The number of ether oxygens (including phenoxy) is 1. The lowest BCUT2D eigenvalue weighted by Crippen LogP contribution is -2.47. The average Bonchev–Trinajstić information content (AvgIpc) is 2.33. The summed E-state index contributed by atoms with van der Waals surface area (Å²) in [6.45, 7) is 2.57. The summed E-state index contributed by atoms with van der Waals surface area (Å²) in [4.78, 5) is 15.6. The molecule has 1 aliphatic carbocycles. The van der Waals surface area contributed by atoms with E-state index in [9.17, 15) is 4.79 Å². The van der Waals surface area contributed by atoms with E-state index in [1.165, 1.54) is 0 Å². The van der Waals surface area contributed by atoms with Gasteiger partial charge in [-0.3, -0.25) is 9.78 Å². The van der Waals surface area contributed by atoms with Crippen molar-refractivity contribution in [2.45, 2.75) is 51.4 Å². The van der Waals surface area contributed by atoms with Crippen molar-refractivity contribution < 1.29 is 9.53 Å². The third-order valence-corrected chi connectivity index (χ3v) is 3.13. The van der Waals surface area contributed by atoms with Crippen LogP contribution < -0.4 is 5.32 Å². The number of nitrogens with one attached hydrogen (secondary N) is 1. The zero-order valence-electron chi connectivity index (χ0n) is 10.8. The van der Waals surface area contributed by atoms with Crippen LogP contribution in [0, 0.1) is 0 Å². The Labute approximate surface area is 108 Å². The summed E-state index contributed by atoms with van der Waals surface area (Å²) in [7, 11) is 0. The zero-order chi connectivity index (χ0) is 12.8. The van der Waals surface area contributed by atoms with E-state index in [1.54, 1.807) is 6.20 Å². The molecule has 4 nitrogen and oxygen atoms in total. The van der Waals surface area contributed by atoms with Crippen LogP contribution >= 0.6 is 0 Å². The van der Waals surface area contributed by atoms with Crippen LogP contribution in [0.5, 0.6) is 0 Å². The predicted molar refractivity (Wildman–Crippen MR) is 68.9 cm³/mol. The second-order valence-corrected chi connectivity index (χ2v) is 4.74. The van der Waals surface area contributed by atoms with Gasteiger partial charge in [-0.15, -0.1) is 0 Å². The maximum absolute atomic E-state index is 11.4. The monoisotopic (exact) mass is 248 g/mol. The number of carbonyl (C=O) groups excluding carboxylic acids is 1. The standard InChI is InChI=1S/C14H20N2O2/c1-2-5-14(17)16-12-8-13(9-12)18-10-11-6-3-4-7-15-11/h3-4,6-7,12-13H,2,5,8-10H2,1H3,(H,16,17). The molecule has 1 amide bonds. The van der Waals surface area contributed by atoms with E-state index >= 15 is 0 Å². The van der Waals surface area contributed by atoms with Crippen LogP contribution in [-0.4, -0.2) is 23.0 Å². The lowest BCUT2D eigenvalue weighted by Gasteiger charge is -2.35. The topological polar surface area (TPSA) is 51.2 Å². The van der Waals surface area contributed by atoms with Crippen molar-refractivity contribution in [1.29, 1.82) is 0 Å². The number of nitrogens with zero attached hydrogens (tertiary/aromatic N) is 1. The number of hydrogen-bond donors (Lipinski definition) is 1. The van der Waals surface area contributed by atoms with E-state index < -0.39 is 0 Å². The maximum Gasteiger partial charge on any atom is 0.220 e. The van der Waals surface area contributed by atoms with Gasteiger partial charge in [0.05, 0.1) is 18.4 Å². The van der Waals surface area contributed by atoms with E-state index in [2.05, 4.69) is 10.3 Å². The van der Waals surface area contributed by atoms with Gasteiger partial charge in [0.2, 0.25) is 5.91 Å². The summed E-state index contributed by atoms with van der Waals surface area (Å²) >= 11 is 0. The lowest BCUT2D eigenvalue weighted by molar-refractivity contribution is -0.124. The highest BCUT2D eigenvalue weighted by molar-refractivity contribution is 5.76. The fourth-order valence-electron chi connectivity index (χ4n) is 2.03. The first-order valence-electron chi connectivity index (χ1n) is 6.58. The summed E-state index contributed by atoms with van der Waals surface area (Å²) in [6.07, 6.45) is 5.39. The largest absolute Gasteiger partial charge is 0.372 e. The molecule has 2 rings (SSSR count). The quantitative estimate of drug-likeness (QED) is 0.838. The molecule has 1 aromatic rings. The van der Waals surface area contributed by atoms with Crippen LogP contribution in [0.15, 0.2) is 24.4 Å². The summed E-state index contributed by atoms with van der Waals surface area (Å²) in [6, 6.07) is 6.11. The molecule has 0 aliphatic heterocycles. The fraction of sp³-hybridized carbons (Fsp3) is 0.571. The van der Waals surface area contributed by atoms with E-state index in [0.29, 0.717) is 19.1 Å².